The second-order valence-electron chi connectivity index (χ2n) is 6.35. The van der Waals surface area contributed by atoms with Gasteiger partial charge in [-0.05, 0) is 64.5 Å². The van der Waals surface area contributed by atoms with E-state index < -0.39 is 0 Å². The molecule has 0 fully saturated rings. The molecule has 1 N–H and O–H groups in total. The normalized spacial score (nSPS) is 12.8. The first-order valence-corrected chi connectivity index (χ1v) is 9.34. The number of nitrogens with zero attached hydrogens (tertiary/aromatic N) is 3. The number of aromatic nitrogens is 2. The lowest BCUT2D eigenvalue weighted by atomic mass is 10.1. The van der Waals surface area contributed by atoms with Crippen LogP contribution in [-0.4, -0.2) is 40.5 Å². The third kappa shape index (κ3) is 5.32. The van der Waals surface area contributed by atoms with Gasteiger partial charge in [-0.1, -0.05) is 31.9 Å². The molecule has 0 aliphatic rings. The van der Waals surface area contributed by atoms with Crippen LogP contribution in [0.25, 0.3) is 10.9 Å². The van der Waals surface area contributed by atoms with Crippen LogP contribution in [0.5, 0.6) is 0 Å². The van der Waals surface area contributed by atoms with Gasteiger partial charge < -0.3 is 10.2 Å². The molecule has 0 aliphatic carbocycles. The van der Waals surface area contributed by atoms with Crippen molar-refractivity contribution in [2.24, 2.45) is 0 Å². The number of aryl methyl sites for hydroxylation is 1. The average molecular weight is 349 g/mol. The summed E-state index contributed by atoms with van der Waals surface area (Å²) in [6.07, 6.45) is 3.60. The van der Waals surface area contributed by atoms with E-state index in [0.29, 0.717) is 11.1 Å². The lowest BCUT2D eigenvalue weighted by Gasteiger charge is -2.19. The summed E-state index contributed by atoms with van der Waals surface area (Å²) in [6, 6.07) is 6.16. The van der Waals surface area contributed by atoms with Crippen molar-refractivity contribution in [3.05, 3.63) is 29.0 Å². The number of rotatable bonds is 9. The summed E-state index contributed by atoms with van der Waals surface area (Å²) in [5.74, 6) is 1.67. The largest absolute Gasteiger partial charge is 0.367 e. The first-order valence-electron chi connectivity index (χ1n) is 8.96. The Morgan fingerprint density at radius 3 is 2.62 bits per heavy atom. The molecule has 2 rings (SSSR count). The van der Waals surface area contributed by atoms with E-state index in [-0.39, 0.29) is 0 Å². The minimum Gasteiger partial charge on any atom is -0.367 e. The van der Waals surface area contributed by atoms with E-state index in [1.165, 1.54) is 19.4 Å². The molecule has 0 saturated heterocycles. The van der Waals surface area contributed by atoms with Gasteiger partial charge in [0.25, 0.3) is 0 Å². The van der Waals surface area contributed by atoms with Gasteiger partial charge in [0.15, 0.2) is 0 Å². The maximum atomic E-state index is 6.08. The number of anilines is 1. The molecule has 1 heterocycles. The lowest BCUT2D eigenvalue weighted by molar-refractivity contribution is 0.295. The Bertz CT molecular complexity index is 650. The molecule has 0 saturated carbocycles. The first-order chi connectivity index (χ1) is 11.5. The molecular formula is C19H29ClN4. The molecule has 5 heteroatoms. The molecule has 132 valence electrons. The van der Waals surface area contributed by atoms with Crippen molar-refractivity contribution >= 4 is 28.3 Å². The number of halogens is 1. The highest BCUT2D eigenvalue weighted by atomic mass is 35.5. The van der Waals surface area contributed by atoms with Gasteiger partial charge in [0, 0.05) is 16.5 Å². The van der Waals surface area contributed by atoms with Crippen LogP contribution in [0, 0.1) is 6.92 Å². The maximum Gasteiger partial charge on any atom is 0.137 e. The number of benzene rings is 1. The molecule has 1 aromatic heterocycles. The highest BCUT2D eigenvalue weighted by molar-refractivity contribution is 6.31. The minimum absolute atomic E-state index is 0.384. The molecule has 0 aliphatic heterocycles. The van der Waals surface area contributed by atoms with Crippen molar-refractivity contribution < 1.29 is 0 Å². The van der Waals surface area contributed by atoms with E-state index in [2.05, 4.69) is 41.0 Å². The molecular weight excluding hydrogens is 320 g/mol. The molecule has 1 aromatic carbocycles. The average Bonchev–Trinajstić information content (AvgIpc) is 2.54. The van der Waals surface area contributed by atoms with Crippen molar-refractivity contribution in [3.63, 3.8) is 0 Å². The van der Waals surface area contributed by atoms with Gasteiger partial charge in [0.1, 0.15) is 11.6 Å². The molecule has 0 bridgehead atoms. The van der Waals surface area contributed by atoms with Gasteiger partial charge in [-0.25, -0.2) is 9.97 Å². The fourth-order valence-corrected chi connectivity index (χ4v) is 3.13. The second kappa shape index (κ2) is 9.19. The summed E-state index contributed by atoms with van der Waals surface area (Å²) in [7, 11) is 0. The van der Waals surface area contributed by atoms with E-state index in [1.54, 1.807) is 0 Å². The third-order valence-electron chi connectivity index (χ3n) is 4.41. The topological polar surface area (TPSA) is 41.0 Å². The van der Waals surface area contributed by atoms with Crippen LogP contribution in [0.15, 0.2) is 18.2 Å². The molecule has 0 spiro atoms. The summed E-state index contributed by atoms with van der Waals surface area (Å²) in [5, 5.41) is 5.29. The van der Waals surface area contributed by atoms with Crippen molar-refractivity contribution in [2.75, 3.05) is 25.0 Å². The van der Waals surface area contributed by atoms with Gasteiger partial charge in [0.2, 0.25) is 0 Å². The molecule has 1 atom stereocenters. The minimum atomic E-state index is 0.384. The van der Waals surface area contributed by atoms with Crippen LogP contribution in [0.4, 0.5) is 5.82 Å². The summed E-state index contributed by atoms with van der Waals surface area (Å²) in [6.45, 7) is 12.0. The zero-order chi connectivity index (χ0) is 17.5. The van der Waals surface area contributed by atoms with E-state index >= 15 is 0 Å². The van der Waals surface area contributed by atoms with Gasteiger partial charge >= 0.3 is 0 Å². The van der Waals surface area contributed by atoms with E-state index in [0.717, 1.165) is 42.1 Å². The smallest absolute Gasteiger partial charge is 0.137 e. The Balaban J connectivity index is 1.94. The number of unbranched alkanes of at least 4 members (excludes halogenated alkanes) is 1. The maximum absolute atomic E-state index is 6.08. The van der Waals surface area contributed by atoms with E-state index in [4.69, 9.17) is 11.6 Å². The van der Waals surface area contributed by atoms with Crippen LogP contribution in [-0.2, 0) is 0 Å². The van der Waals surface area contributed by atoms with Crippen LogP contribution in [0.1, 0.15) is 45.9 Å². The number of fused-ring (bicyclic) bond motifs is 1. The molecule has 2 aromatic rings. The molecule has 1 unspecified atom stereocenters. The zero-order valence-corrected chi connectivity index (χ0v) is 16.0. The third-order valence-corrected chi connectivity index (χ3v) is 4.64. The predicted molar refractivity (Wildman–Crippen MR) is 104 cm³/mol. The van der Waals surface area contributed by atoms with Gasteiger partial charge in [0.05, 0.1) is 5.52 Å². The summed E-state index contributed by atoms with van der Waals surface area (Å²) in [4.78, 5) is 11.5. The predicted octanol–water partition coefficient (Wildman–Crippen LogP) is 4.90. The number of hydrogen-bond acceptors (Lipinski definition) is 4. The molecule has 0 radical (unpaired) electrons. The Morgan fingerprint density at radius 1 is 1.17 bits per heavy atom. The first kappa shape index (κ1) is 18.9. The van der Waals surface area contributed by atoms with Crippen LogP contribution in [0.3, 0.4) is 0 Å². The summed E-state index contributed by atoms with van der Waals surface area (Å²) in [5.41, 5.74) is 0.895. The number of hydrogen-bond donors (Lipinski definition) is 1. The summed E-state index contributed by atoms with van der Waals surface area (Å²) >= 11 is 6.08. The number of nitrogens with one attached hydrogen (secondary N) is 1. The fraction of sp³-hybridized carbons (Fsp3) is 0.579. The van der Waals surface area contributed by atoms with Crippen molar-refractivity contribution in [2.45, 2.75) is 53.0 Å². The van der Waals surface area contributed by atoms with Crippen molar-refractivity contribution in [1.82, 2.24) is 14.9 Å². The molecule has 4 nitrogen and oxygen atoms in total. The highest BCUT2D eigenvalue weighted by Crippen LogP contribution is 2.24. The van der Waals surface area contributed by atoms with Crippen molar-refractivity contribution in [3.8, 4) is 0 Å². The van der Waals surface area contributed by atoms with Gasteiger partial charge in [-0.15, -0.1) is 0 Å². The highest BCUT2D eigenvalue weighted by Gasteiger charge is 2.10. The quantitative estimate of drug-likeness (QED) is 0.654. The zero-order valence-electron chi connectivity index (χ0n) is 15.3. The Kier molecular flexibility index (Phi) is 7.25. The summed E-state index contributed by atoms with van der Waals surface area (Å²) < 4.78 is 0. The van der Waals surface area contributed by atoms with E-state index in [9.17, 15) is 0 Å². The van der Waals surface area contributed by atoms with Gasteiger partial charge in [-0.2, -0.15) is 0 Å². The van der Waals surface area contributed by atoms with Crippen molar-refractivity contribution in [1.29, 1.82) is 0 Å². The Hall–Kier alpha value is -1.39. The lowest BCUT2D eigenvalue weighted by Crippen LogP contribution is -2.24. The second-order valence-corrected chi connectivity index (χ2v) is 6.79. The van der Waals surface area contributed by atoms with Crippen LogP contribution >= 0.6 is 11.6 Å². The van der Waals surface area contributed by atoms with Crippen LogP contribution in [0.2, 0.25) is 5.02 Å². The fourth-order valence-electron chi connectivity index (χ4n) is 2.96. The molecule has 24 heavy (non-hydrogen) atoms. The molecule has 0 amide bonds. The van der Waals surface area contributed by atoms with Gasteiger partial charge in [-0.3, -0.25) is 0 Å². The monoisotopic (exact) mass is 348 g/mol. The Labute approximate surface area is 150 Å². The van der Waals surface area contributed by atoms with E-state index in [1.807, 2.05) is 25.1 Å². The SMILES string of the molecule is CCN(CC)CCCCC(C)Nc1nc(C)nc2cc(Cl)ccc12. The van der Waals surface area contributed by atoms with Crippen LogP contribution < -0.4 is 5.32 Å². The standard InChI is InChI=1S/C19H29ClN4/c1-5-24(6-2)12-8-7-9-14(3)21-19-17-11-10-16(20)13-18(17)22-15(4)23-19/h10-11,13-14H,5-9,12H2,1-4H3,(H,21,22,23). The Morgan fingerprint density at radius 2 is 1.92 bits per heavy atom.